The molecule has 4 heterocycles. The van der Waals surface area contributed by atoms with E-state index in [1.165, 1.54) is 12.1 Å². The lowest BCUT2D eigenvalue weighted by atomic mass is 9.81. The van der Waals surface area contributed by atoms with Crippen molar-refractivity contribution in [3.8, 4) is 5.75 Å². The van der Waals surface area contributed by atoms with Gasteiger partial charge in [-0.1, -0.05) is 18.2 Å². The molecule has 1 amide bonds. The minimum atomic E-state index is -2.93. The molecule has 224 valence electrons. The number of piperidine rings is 1. The Morgan fingerprint density at radius 2 is 1.86 bits per heavy atom. The van der Waals surface area contributed by atoms with Crippen molar-refractivity contribution in [2.24, 2.45) is 5.92 Å². The third-order valence-corrected chi connectivity index (χ3v) is 8.84. The van der Waals surface area contributed by atoms with Crippen molar-refractivity contribution in [3.63, 3.8) is 0 Å². The monoisotopic (exact) mass is 584 g/mol. The summed E-state index contributed by atoms with van der Waals surface area (Å²) >= 11 is 0. The van der Waals surface area contributed by atoms with Gasteiger partial charge < -0.3 is 24.8 Å². The van der Waals surface area contributed by atoms with Gasteiger partial charge in [0.2, 0.25) is 5.91 Å². The topological polar surface area (TPSA) is 96.8 Å². The van der Waals surface area contributed by atoms with Gasteiger partial charge >= 0.3 is 0 Å². The number of amides is 1. The van der Waals surface area contributed by atoms with E-state index in [0.29, 0.717) is 86.0 Å². The lowest BCUT2D eigenvalue weighted by Gasteiger charge is -2.40. The summed E-state index contributed by atoms with van der Waals surface area (Å²) in [5, 5.41) is 15.8. The fraction of sp³-hybridized carbons (Fsp3) is 0.516. The molecule has 3 aliphatic heterocycles. The molecule has 0 unspecified atom stereocenters. The smallest absolute Gasteiger partial charge is 0.266 e. The molecular formula is C31H35F3N4O4. The average molecular weight is 585 g/mol. The summed E-state index contributed by atoms with van der Waals surface area (Å²) in [5.41, 5.74) is 0.373. The number of carbonyl (C=O) groups is 1. The highest BCUT2D eigenvalue weighted by Crippen LogP contribution is 2.46. The highest BCUT2D eigenvalue weighted by atomic mass is 19.3. The Morgan fingerprint density at radius 1 is 1.14 bits per heavy atom. The second-order valence-electron chi connectivity index (χ2n) is 11.5. The number of likely N-dealkylation sites (tertiary alicyclic amines) is 1. The van der Waals surface area contributed by atoms with Gasteiger partial charge in [0, 0.05) is 60.7 Å². The van der Waals surface area contributed by atoms with E-state index >= 15 is 0 Å². The first kappa shape index (κ1) is 28.7. The first-order valence-electron chi connectivity index (χ1n) is 14.6. The molecular weight excluding hydrogens is 549 g/mol. The van der Waals surface area contributed by atoms with Crippen LogP contribution in [0.2, 0.25) is 0 Å². The number of hydrogen-bond donors (Lipinski definition) is 2. The number of benzene rings is 2. The third kappa shape index (κ3) is 5.17. The molecule has 11 heteroatoms. The molecule has 2 aromatic carbocycles. The second kappa shape index (κ2) is 11.3. The van der Waals surface area contributed by atoms with Crippen molar-refractivity contribution in [2.45, 2.75) is 64.0 Å². The van der Waals surface area contributed by atoms with E-state index in [2.05, 4.69) is 15.3 Å². The summed E-state index contributed by atoms with van der Waals surface area (Å²) in [5.74, 6) is 0.641. The number of ether oxygens (including phenoxy) is 2. The molecule has 8 nitrogen and oxygen atoms in total. The average Bonchev–Trinajstić information content (AvgIpc) is 3.47. The Morgan fingerprint density at radius 3 is 2.57 bits per heavy atom. The molecule has 2 fully saturated rings. The van der Waals surface area contributed by atoms with E-state index < -0.39 is 29.4 Å². The normalized spacial score (nSPS) is 19.5. The van der Waals surface area contributed by atoms with Gasteiger partial charge in [-0.3, -0.25) is 4.79 Å². The highest BCUT2D eigenvalue weighted by molar-refractivity contribution is 5.94. The zero-order chi connectivity index (χ0) is 29.6. The maximum Gasteiger partial charge on any atom is 0.266 e. The first-order chi connectivity index (χ1) is 20.2. The lowest BCUT2D eigenvalue weighted by molar-refractivity contribution is -0.143. The maximum atomic E-state index is 15.0. The quantitative estimate of drug-likeness (QED) is 0.403. The fourth-order valence-corrected chi connectivity index (χ4v) is 6.46. The molecule has 0 aliphatic carbocycles. The van der Waals surface area contributed by atoms with Crippen molar-refractivity contribution >= 4 is 22.6 Å². The molecule has 1 aromatic heterocycles. The number of nitrogens with one attached hydrogen (secondary N) is 1. The van der Waals surface area contributed by atoms with Crippen LogP contribution in [0.4, 0.5) is 19.0 Å². The van der Waals surface area contributed by atoms with Gasteiger partial charge in [-0.05, 0) is 45.6 Å². The van der Waals surface area contributed by atoms with Crippen LogP contribution in [0.25, 0.3) is 10.9 Å². The number of halogens is 3. The molecule has 2 saturated heterocycles. The van der Waals surface area contributed by atoms with Gasteiger partial charge in [-0.15, -0.1) is 0 Å². The van der Waals surface area contributed by atoms with Crippen LogP contribution in [0, 0.1) is 18.7 Å². The summed E-state index contributed by atoms with van der Waals surface area (Å²) in [6, 6.07) is 5.12. The van der Waals surface area contributed by atoms with Crippen LogP contribution < -0.4 is 10.1 Å². The minimum absolute atomic E-state index is 0.0413. The predicted molar refractivity (Wildman–Crippen MR) is 150 cm³/mol. The molecule has 6 rings (SSSR count). The maximum absolute atomic E-state index is 15.0. The van der Waals surface area contributed by atoms with Crippen LogP contribution in [0.5, 0.6) is 5.75 Å². The zero-order valence-electron chi connectivity index (χ0n) is 23.8. The molecule has 1 atom stereocenters. The Balaban J connectivity index is 1.33. The van der Waals surface area contributed by atoms with Crippen LogP contribution >= 0.6 is 0 Å². The van der Waals surface area contributed by atoms with Gasteiger partial charge in [-0.25, -0.2) is 23.1 Å². The summed E-state index contributed by atoms with van der Waals surface area (Å²) in [4.78, 5) is 24.2. The first-order valence-corrected chi connectivity index (χ1v) is 14.6. The number of carbonyl (C=O) groups excluding carboxylic acids is 1. The molecule has 0 saturated carbocycles. The Kier molecular flexibility index (Phi) is 7.74. The summed E-state index contributed by atoms with van der Waals surface area (Å²) < 4.78 is 53.2. The van der Waals surface area contributed by atoms with Gasteiger partial charge in [0.15, 0.2) is 0 Å². The zero-order valence-corrected chi connectivity index (χ0v) is 23.8. The molecule has 3 aliphatic rings. The van der Waals surface area contributed by atoms with E-state index in [1.54, 1.807) is 13.8 Å². The van der Waals surface area contributed by atoms with Crippen molar-refractivity contribution in [3.05, 3.63) is 58.2 Å². The Labute approximate surface area is 242 Å². The SMILES string of the molecule is Cc1nc(N[C@H](C)c2cccc(C(F)F)c2F)c2cc(C3(O)CCN(C(=O)C4CCOCC4)CC3)c3c(c2n1)CCO3. The number of fused-ring (bicyclic) bond motifs is 3. The minimum Gasteiger partial charge on any atom is -0.492 e. The van der Waals surface area contributed by atoms with E-state index in [-0.39, 0.29) is 17.4 Å². The molecule has 3 aromatic rings. The molecule has 0 radical (unpaired) electrons. The Bertz CT molecular complexity index is 1500. The fourth-order valence-electron chi connectivity index (χ4n) is 6.46. The van der Waals surface area contributed by atoms with Crippen LogP contribution in [-0.4, -0.2) is 58.8 Å². The van der Waals surface area contributed by atoms with Crippen molar-refractivity contribution in [1.82, 2.24) is 14.9 Å². The number of aromatic nitrogens is 2. The van der Waals surface area contributed by atoms with Crippen LogP contribution in [0.15, 0.2) is 24.3 Å². The van der Waals surface area contributed by atoms with Crippen LogP contribution in [0.3, 0.4) is 0 Å². The second-order valence-corrected chi connectivity index (χ2v) is 11.5. The molecule has 0 spiro atoms. The molecule has 2 N–H and O–H groups in total. The van der Waals surface area contributed by atoms with E-state index in [1.807, 2.05) is 11.0 Å². The number of hydrogen-bond acceptors (Lipinski definition) is 7. The lowest BCUT2D eigenvalue weighted by Crippen LogP contribution is -2.47. The molecule has 42 heavy (non-hydrogen) atoms. The van der Waals surface area contributed by atoms with Gasteiger partial charge in [0.25, 0.3) is 6.43 Å². The summed E-state index contributed by atoms with van der Waals surface area (Å²) in [6.45, 7) is 5.91. The molecule has 0 bridgehead atoms. The van der Waals surface area contributed by atoms with E-state index in [0.717, 1.165) is 24.5 Å². The summed E-state index contributed by atoms with van der Waals surface area (Å²) in [6.07, 6.45) is -0.198. The Hall–Kier alpha value is -3.44. The predicted octanol–water partition coefficient (Wildman–Crippen LogP) is 5.36. The highest BCUT2D eigenvalue weighted by Gasteiger charge is 2.41. The number of anilines is 1. The summed E-state index contributed by atoms with van der Waals surface area (Å²) in [7, 11) is 0. The number of nitrogens with zero attached hydrogens (tertiary/aromatic N) is 3. The third-order valence-electron chi connectivity index (χ3n) is 8.84. The number of alkyl halides is 2. The standard InChI is InChI=1S/C31H35F3N4O4/c1-17(20-4-3-5-21(25(20)32)28(33)34)35-29-23-16-24(27-22(8-15-42-27)26(23)36-18(2)37-29)31(40)9-11-38(12-10-31)30(39)19-6-13-41-14-7-19/h3-5,16-17,19,28,40H,6-15H2,1-2H3,(H,35,36,37)/t17-/m1/s1. The van der Waals surface area contributed by atoms with Gasteiger partial charge in [0.05, 0.1) is 29.3 Å². The van der Waals surface area contributed by atoms with Crippen LogP contribution in [0.1, 0.15) is 73.2 Å². The van der Waals surface area contributed by atoms with Gasteiger partial charge in [0.1, 0.15) is 23.2 Å². The number of aliphatic hydroxyl groups is 1. The van der Waals surface area contributed by atoms with Crippen molar-refractivity contribution in [1.29, 1.82) is 0 Å². The number of aryl methyl sites for hydroxylation is 1. The largest absolute Gasteiger partial charge is 0.492 e. The van der Waals surface area contributed by atoms with Crippen LogP contribution in [-0.2, 0) is 21.6 Å². The van der Waals surface area contributed by atoms with Gasteiger partial charge in [-0.2, -0.15) is 0 Å². The number of rotatable bonds is 6. The van der Waals surface area contributed by atoms with E-state index in [4.69, 9.17) is 9.47 Å². The van der Waals surface area contributed by atoms with Crippen molar-refractivity contribution in [2.75, 3.05) is 38.2 Å². The van der Waals surface area contributed by atoms with Crippen molar-refractivity contribution < 1.29 is 32.5 Å². The van der Waals surface area contributed by atoms with E-state index in [9.17, 15) is 23.1 Å².